The molecular formula is C28H29N3O4. The number of nitrogens with one attached hydrogen (secondary N) is 1. The van der Waals surface area contributed by atoms with Crippen molar-refractivity contribution >= 4 is 17.8 Å². The number of likely N-dealkylation sites (tertiary alicyclic amines) is 1. The molecule has 0 saturated carbocycles. The Kier molecular flexibility index (Phi) is 5.71. The molecule has 1 N–H and O–H groups in total. The molecule has 7 nitrogen and oxygen atoms in total. The fourth-order valence-electron chi connectivity index (χ4n) is 5.93. The lowest BCUT2D eigenvalue weighted by atomic mass is 9.75. The van der Waals surface area contributed by atoms with Crippen molar-refractivity contribution in [3.05, 3.63) is 94.8 Å². The van der Waals surface area contributed by atoms with Crippen molar-refractivity contribution in [3.63, 3.8) is 0 Å². The molecule has 3 atom stereocenters. The van der Waals surface area contributed by atoms with E-state index in [-0.39, 0.29) is 23.7 Å². The molecule has 1 aliphatic heterocycles. The smallest absolute Gasteiger partial charge is 0.332 e. The highest BCUT2D eigenvalue weighted by atomic mass is 16.5. The average Bonchev–Trinajstić information content (AvgIpc) is 3.52. The molecule has 3 aromatic rings. The number of esters is 1. The summed E-state index contributed by atoms with van der Waals surface area (Å²) >= 11 is 0. The Balaban J connectivity index is 1.67. The van der Waals surface area contributed by atoms with Gasteiger partial charge < -0.3 is 19.5 Å². The van der Waals surface area contributed by atoms with Gasteiger partial charge in [-0.1, -0.05) is 48.5 Å². The molecule has 2 heterocycles. The molecule has 1 fully saturated rings. The van der Waals surface area contributed by atoms with Crippen molar-refractivity contribution in [3.8, 4) is 0 Å². The second kappa shape index (κ2) is 8.73. The highest BCUT2D eigenvalue weighted by Gasteiger charge is 2.64. The van der Waals surface area contributed by atoms with Gasteiger partial charge in [-0.2, -0.15) is 0 Å². The fraction of sp³-hybridized carbons (Fsp3) is 0.321. The molecule has 2 aliphatic rings. The molecule has 7 heteroatoms. The summed E-state index contributed by atoms with van der Waals surface area (Å²) in [6.07, 6.45) is 0.981. The minimum atomic E-state index is -1.24. The number of carbonyl (C=O) groups excluding carboxylic acids is 3. The first-order valence-corrected chi connectivity index (χ1v) is 11.8. The number of nitrogens with zero attached hydrogens (tertiary/aromatic N) is 2. The maximum Gasteiger partial charge on any atom is 0.332 e. The summed E-state index contributed by atoms with van der Waals surface area (Å²) < 4.78 is 5.42. The maximum atomic E-state index is 13.9. The van der Waals surface area contributed by atoms with E-state index >= 15 is 0 Å². The molecule has 35 heavy (non-hydrogen) atoms. The van der Waals surface area contributed by atoms with Crippen LogP contribution in [0, 0.1) is 5.92 Å². The van der Waals surface area contributed by atoms with Crippen LogP contribution in [0.25, 0.3) is 0 Å². The van der Waals surface area contributed by atoms with Crippen LogP contribution < -0.4 is 0 Å². The standard InChI is InChI=1S/C28H29N3O4/c1-30(2)26(33)23-15-21-22(29-23)14-20-17-31(25(32)19-12-8-5-9-13-19)28(24(20)21,27(34)35-3)16-18-10-6-4-7-11-18/h4-13,15,20,24,29H,14,16-17H2,1-3H3/t20-,24+,28+/m0/s1. The molecule has 0 spiro atoms. The van der Waals surface area contributed by atoms with Gasteiger partial charge in [0, 0.05) is 44.2 Å². The van der Waals surface area contributed by atoms with Crippen molar-refractivity contribution in [2.45, 2.75) is 24.3 Å². The number of rotatable bonds is 5. The van der Waals surface area contributed by atoms with E-state index in [9.17, 15) is 14.4 Å². The Morgan fingerprint density at radius 2 is 1.71 bits per heavy atom. The second-order valence-corrected chi connectivity index (χ2v) is 9.62. The molecule has 0 unspecified atom stereocenters. The molecule has 0 bridgehead atoms. The minimum Gasteiger partial charge on any atom is -0.467 e. The third-order valence-electron chi connectivity index (χ3n) is 7.38. The number of aromatic nitrogens is 1. The Morgan fingerprint density at radius 3 is 2.34 bits per heavy atom. The molecule has 2 aromatic carbocycles. The zero-order valence-corrected chi connectivity index (χ0v) is 20.2. The predicted molar refractivity (Wildman–Crippen MR) is 131 cm³/mol. The normalized spacial score (nSPS) is 22.4. The van der Waals surface area contributed by atoms with Crippen LogP contribution in [0.5, 0.6) is 0 Å². The van der Waals surface area contributed by atoms with E-state index in [0.29, 0.717) is 30.6 Å². The van der Waals surface area contributed by atoms with E-state index in [2.05, 4.69) is 4.98 Å². The molecule has 5 rings (SSSR count). The van der Waals surface area contributed by atoms with Crippen molar-refractivity contribution in [1.82, 2.24) is 14.8 Å². The first kappa shape index (κ1) is 22.9. The summed E-state index contributed by atoms with van der Waals surface area (Å²) in [5.41, 5.74) is 2.61. The first-order valence-electron chi connectivity index (χ1n) is 11.8. The van der Waals surface area contributed by atoms with Gasteiger partial charge in [0.25, 0.3) is 11.8 Å². The lowest BCUT2D eigenvalue weighted by Gasteiger charge is -2.40. The fourth-order valence-corrected chi connectivity index (χ4v) is 5.93. The Labute approximate surface area is 204 Å². The summed E-state index contributed by atoms with van der Waals surface area (Å²) in [6, 6.07) is 20.7. The summed E-state index contributed by atoms with van der Waals surface area (Å²) in [7, 11) is 4.80. The average molecular weight is 472 g/mol. The molecular weight excluding hydrogens is 442 g/mol. The van der Waals surface area contributed by atoms with Gasteiger partial charge in [0.15, 0.2) is 5.54 Å². The molecule has 2 amide bonds. The topological polar surface area (TPSA) is 82.7 Å². The number of benzene rings is 2. The first-order chi connectivity index (χ1) is 16.9. The van der Waals surface area contributed by atoms with Gasteiger partial charge in [0.05, 0.1) is 7.11 Å². The van der Waals surface area contributed by atoms with Crippen molar-refractivity contribution in [1.29, 1.82) is 0 Å². The number of methoxy groups -OCH3 is 1. The highest BCUT2D eigenvalue weighted by molar-refractivity contribution is 6.00. The zero-order valence-electron chi connectivity index (χ0n) is 20.2. The summed E-state index contributed by atoms with van der Waals surface area (Å²) in [4.78, 5) is 46.9. The van der Waals surface area contributed by atoms with Crippen LogP contribution >= 0.6 is 0 Å². The van der Waals surface area contributed by atoms with Crippen LogP contribution in [0.3, 0.4) is 0 Å². The van der Waals surface area contributed by atoms with Gasteiger partial charge in [-0.15, -0.1) is 0 Å². The third-order valence-corrected chi connectivity index (χ3v) is 7.38. The molecule has 1 saturated heterocycles. The van der Waals surface area contributed by atoms with Crippen LogP contribution in [0.2, 0.25) is 0 Å². The number of hydrogen-bond donors (Lipinski definition) is 1. The van der Waals surface area contributed by atoms with Gasteiger partial charge in [0.2, 0.25) is 0 Å². The van der Waals surface area contributed by atoms with Gasteiger partial charge >= 0.3 is 5.97 Å². The van der Waals surface area contributed by atoms with Gasteiger partial charge in [-0.3, -0.25) is 9.59 Å². The van der Waals surface area contributed by atoms with Gasteiger partial charge in [-0.05, 0) is 41.7 Å². The van der Waals surface area contributed by atoms with E-state index < -0.39 is 11.5 Å². The quantitative estimate of drug-likeness (QED) is 0.579. The van der Waals surface area contributed by atoms with Crippen molar-refractivity contribution < 1.29 is 19.1 Å². The number of aromatic amines is 1. The predicted octanol–water partition coefficient (Wildman–Crippen LogP) is 3.28. The van der Waals surface area contributed by atoms with Crippen LogP contribution in [-0.4, -0.2) is 65.9 Å². The SMILES string of the molecule is COC(=O)[C@@]1(Cc2ccccc2)[C@H]2c3cc(C(=O)N(C)C)[nH]c3C[C@H]2CN1C(=O)c1ccccc1. The summed E-state index contributed by atoms with van der Waals surface area (Å²) in [6.45, 7) is 0.430. The van der Waals surface area contributed by atoms with E-state index in [1.54, 1.807) is 31.1 Å². The van der Waals surface area contributed by atoms with Crippen molar-refractivity contribution in [2.24, 2.45) is 5.92 Å². The Hall–Kier alpha value is -3.87. The number of H-pyrrole nitrogens is 1. The van der Waals surface area contributed by atoms with Crippen LogP contribution in [0.4, 0.5) is 0 Å². The van der Waals surface area contributed by atoms with Gasteiger partial charge in [0.1, 0.15) is 5.69 Å². The Morgan fingerprint density at radius 1 is 1.06 bits per heavy atom. The van der Waals surface area contributed by atoms with E-state index in [1.165, 1.54) is 12.0 Å². The van der Waals surface area contributed by atoms with E-state index in [4.69, 9.17) is 4.74 Å². The van der Waals surface area contributed by atoms with E-state index in [0.717, 1.165) is 16.8 Å². The number of ether oxygens (including phenoxy) is 1. The number of amides is 2. The molecule has 1 aliphatic carbocycles. The lowest BCUT2D eigenvalue weighted by Crippen LogP contribution is -2.58. The van der Waals surface area contributed by atoms with Crippen molar-refractivity contribution in [2.75, 3.05) is 27.7 Å². The molecule has 1 aromatic heterocycles. The van der Waals surface area contributed by atoms with Crippen LogP contribution in [-0.2, 0) is 22.4 Å². The molecule has 180 valence electrons. The third kappa shape index (κ3) is 3.62. The number of hydrogen-bond acceptors (Lipinski definition) is 4. The second-order valence-electron chi connectivity index (χ2n) is 9.62. The zero-order chi connectivity index (χ0) is 24.7. The summed E-state index contributed by atoms with van der Waals surface area (Å²) in [5, 5.41) is 0. The van der Waals surface area contributed by atoms with Crippen LogP contribution in [0.15, 0.2) is 66.7 Å². The minimum absolute atomic E-state index is 0.0373. The lowest BCUT2D eigenvalue weighted by molar-refractivity contribution is -0.153. The highest BCUT2D eigenvalue weighted by Crippen LogP contribution is 2.54. The molecule has 0 radical (unpaired) electrons. The van der Waals surface area contributed by atoms with Crippen LogP contribution in [0.1, 0.15) is 43.6 Å². The van der Waals surface area contributed by atoms with Gasteiger partial charge in [-0.25, -0.2) is 4.79 Å². The number of carbonyl (C=O) groups is 3. The largest absolute Gasteiger partial charge is 0.467 e. The monoisotopic (exact) mass is 471 g/mol. The number of fused-ring (bicyclic) bond motifs is 3. The van der Waals surface area contributed by atoms with E-state index in [1.807, 2.05) is 54.6 Å². The maximum absolute atomic E-state index is 13.9. The Bertz CT molecular complexity index is 1270. The summed E-state index contributed by atoms with van der Waals surface area (Å²) in [5.74, 6) is -1.01.